The summed E-state index contributed by atoms with van der Waals surface area (Å²) in [4.78, 5) is 16.5. The first-order valence-corrected chi connectivity index (χ1v) is 10.5. The molecule has 0 aliphatic carbocycles. The molecule has 0 bridgehead atoms. The Morgan fingerprint density at radius 2 is 2.14 bits per heavy atom. The normalized spacial score (nSPS) is 25.8. The summed E-state index contributed by atoms with van der Waals surface area (Å²) in [7, 11) is 1.61. The molecule has 4 rings (SSSR count). The maximum Gasteiger partial charge on any atom is 0.412 e. The number of halogens is 1. The topological polar surface area (TPSA) is 63.3 Å². The van der Waals surface area contributed by atoms with Gasteiger partial charge in [0.15, 0.2) is 16.6 Å². The van der Waals surface area contributed by atoms with Crippen LogP contribution in [0.2, 0.25) is 5.02 Å². The van der Waals surface area contributed by atoms with Gasteiger partial charge in [0.25, 0.3) is 0 Å². The first-order chi connectivity index (χ1) is 13.7. The number of likely N-dealkylation sites (tertiary alicyclic amines) is 1. The van der Waals surface area contributed by atoms with Crippen molar-refractivity contribution >= 4 is 35.0 Å². The number of fused-ring (bicyclic) bond motifs is 2. The molecule has 1 aromatic rings. The van der Waals surface area contributed by atoms with Crippen LogP contribution in [-0.4, -0.2) is 65.1 Å². The highest BCUT2D eigenvalue weighted by Crippen LogP contribution is 2.40. The molecule has 0 spiro atoms. The van der Waals surface area contributed by atoms with E-state index >= 15 is 0 Å². The van der Waals surface area contributed by atoms with Gasteiger partial charge in [0.2, 0.25) is 0 Å². The van der Waals surface area contributed by atoms with E-state index in [0.717, 1.165) is 24.2 Å². The molecule has 2 fully saturated rings. The molecule has 29 heavy (non-hydrogen) atoms. The molecule has 1 N–H and O–H groups in total. The largest absolute Gasteiger partial charge is 0.493 e. The summed E-state index contributed by atoms with van der Waals surface area (Å²) in [6.07, 6.45) is 1.06. The van der Waals surface area contributed by atoms with Gasteiger partial charge >= 0.3 is 6.09 Å². The maximum atomic E-state index is 12.6. The first kappa shape index (κ1) is 20.3. The van der Waals surface area contributed by atoms with Gasteiger partial charge in [-0.3, -0.25) is 4.90 Å². The van der Waals surface area contributed by atoms with E-state index in [2.05, 4.69) is 10.2 Å². The minimum atomic E-state index is -0.535. The molecule has 3 heterocycles. The van der Waals surface area contributed by atoms with Crippen LogP contribution in [0.15, 0.2) is 12.1 Å². The molecule has 9 heteroatoms. The van der Waals surface area contributed by atoms with E-state index in [-0.39, 0.29) is 24.3 Å². The highest BCUT2D eigenvalue weighted by atomic mass is 35.5. The zero-order chi connectivity index (χ0) is 20.9. The fourth-order valence-electron chi connectivity index (χ4n) is 4.32. The van der Waals surface area contributed by atoms with Crippen LogP contribution in [0.3, 0.4) is 0 Å². The van der Waals surface area contributed by atoms with Gasteiger partial charge in [-0.25, -0.2) is 4.79 Å². The average Bonchev–Trinajstić information content (AvgIpc) is 3.16. The Morgan fingerprint density at radius 1 is 1.38 bits per heavy atom. The molecule has 0 saturated carbocycles. The zero-order valence-electron chi connectivity index (χ0n) is 17.0. The van der Waals surface area contributed by atoms with Crippen molar-refractivity contribution in [2.24, 2.45) is 0 Å². The van der Waals surface area contributed by atoms with E-state index in [9.17, 15) is 4.79 Å². The molecule has 3 atom stereocenters. The number of methoxy groups -OCH3 is 1. The van der Waals surface area contributed by atoms with Crippen molar-refractivity contribution < 1.29 is 19.0 Å². The molecule has 2 saturated heterocycles. The molecule has 0 aromatic heterocycles. The van der Waals surface area contributed by atoms with Gasteiger partial charge in [-0.2, -0.15) is 0 Å². The molecule has 3 aliphatic heterocycles. The highest BCUT2D eigenvalue weighted by molar-refractivity contribution is 7.80. The summed E-state index contributed by atoms with van der Waals surface area (Å²) >= 11 is 11.9. The Bertz CT molecular complexity index is 844. The maximum absolute atomic E-state index is 12.6. The van der Waals surface area contributed by atoms with Crippen LogP contribution in [0.25, 0.3) is 0 Å². The Morgan fingerprint density at radius 3 is 2.83 bits per heavy atom. The molecule has 7 nitrogen and oxygen atoms in total. The Balaban J connectivity index is 1.52. The van der Waals surface area contributed by atoms with Crippen LogP contribution in [0.4, 0.5) is 4.79 Å². The first-order valence-electron chi connectivity index (χ1n) is 9.75. The van der Waals surface area contributed by atoms with Crippen molar-refractivity contribution in [2.75, 3.05) is 20.3 Å². The van der Waals surface area contributed by atoms with Crippen molar-refractivity contribution in [1.29, 1.82) is 0 Å². The Kier molecular flexibility index (Phi) is 5.19. The standard InChI is InChI=1S/C20H26ClN3O4S/c1-20(2,3)28-19(25)23-6-5-14-17(23)22-18(29)24(14)13-8-11-7-12(21)9-15(26-4)16(11)27-10-13/h7,9,13-14,17H,5-6,8,10H2,1-4H3,(H,22,29)/t13-,14?,17?/m1/s1. The average molecular weight is 440 g/mol. The zero-order valence-corrected chi connectivity index (χ0v) is 18.6. The number of nitrogens with zero attached hydrogens (tertiary/aromatic N) is 2. The van der Waals surface area contributed by atoms with E-state index < -0.39 is 5.60 Å². The Labute approximate surface area is 181 Å². The van der Waals surface area contributed by atoms with Crippen LogP contribution in [0.5, 0.6) is 11.5 Å². The predicted octanol–water partition coefficient (Wildman–Crippen LogP) is 3.18. The molecule has 158 valence electrons. The van der Waals surface area contributed by atoms with Gasteiger partial charge in [-0.1, -0.05) is 11.6 Å². The van der Waals surface area contributed by atoms with Gasteiger partial charge < -0.3 is 24.4 Å². The predicted molar refractivity (Wildman–Crippen MR) is 114 cm³/mol. The smallest absolute Gasteiger partial charge is 0.412 e. The van der Waals surface area contributed by atoms with Gasteiger partial charge in [-0.05, 0) is 51.9 Å². The number of nitrogens with one attached hydrogen (secondary N) is 1. The number of carbonyl (C=O) groups is 1. The van der Waals surface area contributed by atoms with Gasteiger partial charge in [0.05, 0.1) is 19.2 Å². The summed E-state index contributed by atoms with van der Waals surface area (Å²) < 4.78 is 17.0. The van der Waals surface area contributed by atoms with Crippen LogP contribution in [0, 0.1) is 0 Å². The van der Waals surface area contributed by atoms with E-state index in [0.29, 0.717) is 29.0 Å². The quantitative estimate of drug-likeness (QED) is 0.710. The second kappa shape index (κ2) is 7.40. The van der Waals surface area contributed by atoms with Crippen molar-refractivity contribution in [3.05, 3.63) is 22.7 Å². The van der Waals surface area contributed by atoms with E-state index in [1.165, 1.54) is 0 Å². The number of hydrogen-bond acceptors (Lipinski definition) is 5. The second-order valence-electron chi connectivity index (χ2n) is 8.60. The summed E-state index contributed by atoms with van der Waals surface area (Å²) in [6.45, 7) is 6.72. The van der Waals surface area contributed by atoms with E-state index in [1.54, 1.807) is 18.1 Å². The third kappa shape index (κ3) is 3.80. The summed E-state index contributed by atoms with van der Waals surface area (Å²) in [5, 5.41) is 4.57. The molecular formula is C20H26ClN3O4S. The SMILES string of the molecule is COc1cc(Cl)cc2c1OC[C@H](N1C(=S)NC3C1CCN3C(=O)OC(C)(C)C)C2. The van der Waals surface area contributed by atoms with Crippen LogP contribution < -0.4 is 14.8 Å². The van der Waals surface area contributed by atoms with Gasteiger partial charge in [-0.15, -0.1) is 0 Å². The van der Waals surface area contributed by atoms with Crippen molar-refractivity contribution in [3.8, 4) is 11.5 Å². The minimum Gasteiger partial charge on any atom is -0.493 e. The molecule has 3 aliphatic rings. The third-order valence-electron chi connectivity index (χ3n) is 5.44. The van der Waals surface area contributed by atoms with E-state index in [1.807, 2.05) is 26.8 Å². The fourth-order valence-corrected chi connectivity index (χ4v) is 4.95. The lowest BCUT2D eigenvalue weighted by Crippen LogP contribution is -2.49. The molecule has 0 radical (unpaired) electrons. The van der Waals surface area contributed by atoms with E-state index in [4.69, 9.17) is 38.0 Å². The molecule has 2 unspecified atom stereocenters. The second-order valence-corrected chi connectivity index (χ2v) is 9.42. The van der Waals surface area contributed by atoms with Gasteiger partial charge in [0, 0.05) is 23.2 Å². The number of carbonyl (C=O) groups excluding carboxylic acids is 1. The van der Waals surface area contributed by atoms with Crippen molar-refractivity contribution in [2.45, 2.75) is 57.5 Å². The van der Waals surface area contributed by atoms with Crippen molar-refractivity contribution in [3.63, 3.8) is 0 Å². The number of thiocarbonyl (C=S) groups is 1. The summed E-state index contributed by atoms with van der Waals surface area (Å²) in [5.74, 6) is 1.38. The van der Waals surface area contributed by atoms with Crippen molar-refractivity contribution in [1.82, 2.24) is 15.1 Å². The Hall–Kier alpha value is -1.93. The number of rotatable bonds is 2. The summed E-state index contributed by atoms with van der Waals surface area (Å²) in [6, 6.07) is 3.82. The molecule has 1 amide bonds. The third-order valence-corrected chi connectivity index (χ3v) is 5.99. The monoisotopic (exact) mass is 439 g/mol. The lowest BCUT2D eigenvalue weighted by Gasteiger charge is -2.36. The minimum absolute atomic E-state index is 0.0549. The number of benzene rings is 1. The number of amides is 1. The lowest BCUT2D eigenvalue weighted by atomic mass is 9.99. The molecular weight excluding hydrogens is 414 g/mol. The summed E-state index contributed by atoms with van der Waals surface area (Å²) in [5.41, 5.74) is 0.464. The van der Waals surface area contributed by atoms with Crippen LogP contribution in [0.1, 0.15) is 32.8 Å². The lowest BCUT2D eigenvalue weighted by molar-refractivity contribution is 0.0203. The fraction of sp³-hybridized carbons (Fsp3) is 0.600. The van der Waals surface area contributed by atoms with Crippen LogP contribution >= 0.6 is 23.8 Å². The van der Waals surface area contributed by atoms with Gasteiger partial charge in [0.1, 0.15) is 18.4 Å². The number of ether oxygens (including phenoxy) is 3. The molecule has 1 aromatic carbocycles. The highest BCUT2D eigenvalue weighted by Gasteiger charge is 2.50. The number of hydrogen-bond donors (Lipinski definition) is 1. The van der Waals surface area contributed by atoms with Crippen LogP contribution in [-0.2, 0) is 11.2 Å².